The molecule has 7 nitrogen and oxygen atoms in total. The van der Waals surface area contributed by atoms with E-state index in [9.17, 15) is 14.9 Å². The molecule has 2 aliphatic heterocycles. The van der Waals surface area contributed by atoms with Gasteiger partial charge in [-0.05, 0) is 44.6 Å². The van der Waals surface area contributed by atoms with Gasteiger partial charge < -0.3 is 10.2 Å². The lowest BCUT2D eigenvalue weighted by molar-refractivity contribution is -0.384. The van der Waals surface area contributed by atoms with Crippen LogP contribution in [0.3, 0.4) is 0 Å². The number of piperidine rings is 1. The van der Waals surface area contributed by atoms with E-state index in [-0.39, 0.29) is 28.7 Å². The van der Waals surface area contributed by atoms with Gasteiger partial charge >= 0.3 is 6.03 Å². The number of nitrogens with zero attached hydrogens (tertiary/aromatic N) is 3. The molecule has 2 amide bonds. The van der Waals surface area contributed by atoms with Crippen LogP contribution < -0.4 is 10.2 Å². The lowest BCUT2D eigenvalue weighted by Gasteiger charge is -2.36. The Labute approximate surface area is 168 Å². The Morgan fingerprint density at radius 3 is 2.79 bits per heavy atom. The van der Waals surface area contributed by atoms with Gasteiger partial charge in [0, 0.05) is 36.3 Å². The summed E-state index contributed by atoms with van der Waals surface area (Å²) in [5.41, 5.74) is 3.54. The zero-order chi connectivity index (χ0) is 20.0. The molecule has 0 aliphatic carbocycles. The molecule has 2 aliphatic rings. The quantitative estimate of drug-likeness (QED) is 0.598. The van der Waals surface area contributed by atoms with Crippen LogP contribution in [-0.4, -0.2) is 42.0 Å². The van der Waals surface area contributed by atoms with Crippen molar-refractivity contribution >= 4 is 34.7 Å². The van der Waals surface area contributed by atoms with Crippen LogP contribution in [0.2, 0.25) is 5.02 Å². The molecule has 2 atom stereocenters. The Morgan fingerprint density at radius 2 is 2.07 bits per heavy atom. The minimum atomic E-state index is -0.514. The summed E-state index contributed by atoms with van der Waals surface area (Å²) in [7, 11) is 2.10. The third-order valence-electron chi connectivity index (χ3n) is 5.58. The number of likely N-dealkylation sites (tertiary alicyclic amines) is 1. The minimum Gasteiger partial charge on any atom is -0.306 e. The fourth-order valence-corrected chi connectivity index (χ4v) is 4.46. The Hall–Kier alpha value is -2.64. The van der Waals surface area contributed by atoms with Crippen LogP contribution in [0.1, 0.15) is 23.5 Å². The summed E-state index contributed by atoms with van der Waals surface area (Å²) in [4.78, 5) is 27.7. The van der Waals surface area contributed by atoms with Crippen LogP contribution in [0.15, 0.2) is 36.4 Å². The highest BCUT2D eigenvalue weighted by Crippen LogP contribution is 2.45. The van der Waals surface area contributed by atoms with E-state index in [0.717, 1.165) is 25.2 Å². The molecule has 28 heavy (non-hydrogen) atoms. The average molecular weight is 401 g/mol. The number of nitro groups is 1. The number of aryl methyl sites for hydroxylation is 1. The lowest BCUT2D eigenvalue weighted by Crippen LogP contribution is -2.48. The van der Waals surface area contributed by atoms with Gasteiger partial charge in [-0.3, -0.25) is 15.0 Å². The van der Waals surface area contributed by atoms with Gasteiger partial charge in [0.05, 0.1) is 15.6 Å². The first kappa shape index (κ1) is 18.7. The minimum absolute atomic E-state index is 0.0878. The molecule has 2 heterocycles. The standard InChI is InChI=1S/C20H21ClN4O3/c1-12-3-6-18-14(9-12)15-11-23(2)8-7-19(15)24(18)20(26)22-17-5-4-13(25(27)28)10-16(17)21/h3-6,9-10,15,19H,7-8,11H2,1-2H3,(H,22,26). The number of non-ortho nitro benzene ring substituents is 1. The molecule has 2 aromatic carbocycles. The summed E-state index contributed by atoms with van der Waals surface area (Å²) in [6, 6.07) is 10.1. The number of nitrogens with one attached hydrogen (secondary N) is 1. The van der Waals surface area contributed by atoms with Gasteiger partial charge in [0.25, 0.3) is 5.69 Å². The Balaban J connectivity index is 1.65. The molecule has 1 N–H and O–H groups in total. The van der Waals surface area contributed by atoms with Gasteiger partial charge in [-0.1, -0.05) is 29.3 Å². The number of urea groups is 1. The maximum Gasteiger partial charge on any atom is 0.326 e. The number of amides is 2. The van der Waals surface area contributed by atoms with Gasteiger partial charge in [-0.15, -0.1) is 0 Å². The molecule has 0 saturated carbocycles. The SMILES string of the molecule is Cc1ccc2c(c1)C1CN(C)CCC1N2C(=O)Nc1ccc([N+](=O)[O-])cc1Cl. The number of fused-ring (bicyclic) bond motifs is 3. The van der Waals surface area contributed by atoms with Crippen molar-refractivity contribution in [2.75, 3.05) is 30.4 Å². The summed E-state index contributed by atoms with van der Waals surface area (Å²) in [6.45, 7) is 3.89. The van der Waals surface area contributed by atoms with Crippen LogP contribution in [0, 0.1) is 17.0 Å². The van der Waals surface area contributed by atoms with Crippen molar-refractivity contribution in [3.05, 3.63) is 62.7 Å². The van der Waals surface area contributed by atoms with Crippen molar-refractivity contribution in [1.29, 1.82) is 0 Å². The van der Waals surface area contributed by atoms with Crippen LogP contribution in [-0.2, 0) is 0 Å². The monoisotopic (exact) mass is 400 g/mol. The van der Waals surface area contributed by atoms with E-state index in [0.29, 0.717) is 5.69 Å². The van der Waals surface area contributed by atoms with E-state index in [2.05, 4.69) is 30.3 Å². The first-order valence-corrected chi connectivity index (χ1v) is 9.56. The second-order valence-corrected chi connectivity index (χ2v) is 7.92. The van der Waals surface area contributed by atoms with Crippen LogP contribution >= 0.6 is 11.6 Å². The molecule has 2 unspecified atom stereocenters. The van der Waals surface area contributed by atoms with Crippen molar-refractivity contribution in [2.45, 2.75) is 25.3 Å². The highest BCUT2D eigenvalue weighted by molar-refractivity contribution is 6.34. The molecule has 0 radical (unpaired) electrons. The Morgan fingerprint density at radius 1 is 1.29 bits per heavy atom. The maximum absolute atomic E-state index is 13.2. The summed E-state index contributed by atoms with van der Waals surface area (Å²) >= 11 is 6.16. The summed E-state index contributed by atoms with van der Waals surface area (Å²) in [5.74, 6) is 0.270. The predicted octanol–water partition coefficient (Wildman–Crippen LogP) is 4.40. The highest BCUT2D eigenvalue weighted by atomic mass is 35.5. The molecule has 1 saturated heterocycles. The van der Waals surface area contributed by atoms with Crippen molar-refractivity contribution < 1.29 is 9.72 Å². The first-order valence-electron chi connectivity index (χ1n) is 9.18. The van der Waals surface area contributed by atoms with E-state index < -0.39 is 4.92 Å². The highest BCUT2D eigenvalue weighted by Gasteiger charge is 2.44. The summed E-state index contributed by atoms with van der Waals surface area (Å²) in [6.07, 6.45) is 0.885. The third-order valence-corrected chi connectivity index (χ3v) is 5.89. The lowest BCUT2D eigenvalue weighted by atomic mass is 9.89. The molecule has 4 rings (SSSR count). The van der Waals surface area contributed by atoms with Crippen molar-refractivity contribution in [3.63, 3.8) is 0 Å². The number of benzene rings is 2. The normalized spacial score (nSPS) is 21.2. The molecule has 8 heteroatoms. The van der Waals surface area contributed by atoms with Crippen molar-refractivity contribution in [1.82, 2.24) is 4.90 Å². The molecule has 0 spiro atoms. The van der Waals surface area contributed by atoms with Gasteiger partial charge in [0.1, 0.15) is 0 Å². The van der Waals surface area contributed by atoms with Gasteiger partial charge in [-0.2, -0.15) is 0 Å². The van der Waals surface area contributed by atoms with Crippen LogP contribution in [0.4, 0.5) is 21.9 Å². The van der Waals surface area contributed by atoms with Crippen LogP contribution in [0.25, 0.3) is 0 Å². The van der Waals surface area contributed by atoms with E-state index in [1.165, 1.54) is 29.3 Å². The van der Waals surface area contributed by atoms with Gasteiger partial charge in [-0.25, -0.2) is 4.79 Å². The molecule has 2 aromatic rings. The largest absolute Gasteiger partial charge is 0.326 e. The van der Waals surface area contributed by atoms with Crippen molar-refractivity contribution in [3.8, 4) is 0 Å². The van der Waals surface area contributed by atoms with Gasteiger partial charge in [0.15, 0.2) is 0 Å². The summed E-state index contributed by atoms with van der Waals surface area (Å²) in [5, 5.41) is 13.9. The first-order chi connectivity index (χ1) is 13.3. The number of halogens is 1. The van der Waals surface area contributed by atoms with Gasteiger partial charge in [0.2, 0.25) is 0 Å². The zero-order valence-corrected chi connectivity index (χ0v) is 16.4. The van der Waals surface area contributed by atoms with Crippen LogP contribution in [0.5, 0.6) is 0 Å². The molecule has 1 fully saturated rings. The number of nitro benzene ring substituents is 1. The van der Waals surface area contributed by atoms with E-state index in [4.69, 9.17) is 11.6 Å². The number of anilines is 2. The number of likely N-dealkylation sites (N-methyl/N-ethyl adjacent to an activating group) is 1. The molecule has 0 bridgehead atoms. The second kappa shape index (κ2) is 7.07. The number of hydrogen-bond acceptors (Lipinski definition) is 4. The number of rotatable bonds is 2. The molecular formula is C20H21ClN4O3. The van der Waals surface area contributed by atoms with E-state index in [1.807, 2.05) is 17.0 Å². The second-order valence-electron chi connectivity index (χ2n) is 7.51. The number of hydrogen-bond donors (Lipinski definition) is 1. The summed E-state index contributed by atoms with van der Waals surface area (Å²) < 4.78 is 0. The average Bonchev–Trinajstić information content (AvgIpc) is 2.96. The van der Waals surface area contributed by atoms with E-state index in [1.54, 1.807) is 0 Å². The molecule has 146 valence electrons. The fourth-order valence-electron chi connectivity index (χ4n) is 4.24. The maximum atomic E-state index is 13.2. The zero-order valence-electron chi connectivity index (χ0n) is 15.7. The molecular weight excluding hydrogens is 380 g/mol. The van der Waals surface area contributed by atoms with Crippen molar-refractivity contribution in [2.24, 2.45) is 0 Å². The number of carbonyl (C=O) groups is 1. The third kappa shape index (κ3) is 3.21. The fraction of sp³-hybridized carbons (Fsp3) is 0.350. The predicted molar refractivity (Wildman–Crippen MR) is 109 cm³/mol. The Bertz CT molecular complexity index is 964. The number of carbonyl (C=O) groups excluding carboxylic acids is 1. The Kier molecular flexibility index (Phi) is 4.72. The smallest absolute Gasteiger partial charge is 0.306 e. The van der Waals surface area contributed by atoms with E-state index >= 15 is 0 Å². The topological polar surface area (TPSA) is 78.7 Å². The molecule has 0 aromatic heterocycles.